The van der Waals surface area contributed by atoms with E-state index in [4.69, 9.17) is 4.42 Å². The average molecular weight is 232 g/mol. The zero-order valence-corrected chi connectivity index (χ0v) is 8.58. The lowest BCUT2D eigenvalue weighted by molar-refractivity contribution is -0.139. The molecule has 2 aromatic rings. The molecule has 1 aromatic heterocycles. The van der Waals surface area contributed by atoms with Crippen LogP contribution in [0.4, 0.5) is 13.2 Å². The molecule has 0 aliphatic carbocycles. The number of hydrogen-bond acceptors (Lipinski definition) is 2. The van der Waals surface area contributed by atoms with Crippen molar-refractivity contribution < 1.29 is 17.6 Å². The molecule has 0 aliphatic heterocycles. The van der Waals surface area contributed by atoms with Crippen LogP contribution in [0.3, 0.4) is 0 Å². The number of halogens is 3. The number of thioether (sulfide) groups is 1. The highest BCUT2D eigenvalue weighted by atomic mass is 32.2. The lowest BCUT2D eigenvalue weighted by Crippen LogP contribution is -2.04. The van der Waals surface area contributed by atoms with Crippen molar-refractivity contribution in [2.24, 2.45) is 0 Å². The van der Waals surface area contributed by atoms with Crippen LogP contribution in [0.2, 0.25) is 0 Å². The lowest BCUT2D eigenvalue weighted by Gasteiger charge is -2.05. The highest BCUT2D eigenvalue weighted by molar-refractivity contribution is 7.98. The number of alkyl halides is 3. The van der Waals surface area contributed by atoms with Gasteiger partial charge in [0.05, 0.1) is 0 Å². The SMILES string of the molecule is CSc1oc2ccccc2c1C(F)(F)F. The summed E-state index contributed by atoms with van der Waals surface area (Å²) in [6, 6.07) is 6.17. The summed E-state index contributed by atoms with van der Waals surface area (Å²) in [6.07, 6.45) is -2.81. The monoisotopic (exact) mass is 232 g/mol. The van der Waals surface area contributed by atoms with Crippen molar-refractivity contribution in [1.29, 1.82) is 0 Å². The fourth-order valence-corrected chi connectivity index (χ4v) is 2.04. The van der Waals surface area contributed by atoms with Crippen LogP contribution in [0.5, 0.6) is 0 Å². The van der Waals surface area contributed by atoms with Gasteiger partial charge in [0, 0.05) is 5.39 Å². The minimum atomic E-state index is -4.37. The lowest BCUT2D eigenvalue weighted by atomic mass is 10.2. The van der Waals surface area contributed by atoms with Gasteiger partial charge < -0.3 is 4.42 Å². The van der Waals surface area contributed by atoms with E-state index < -0.39 is 11.7 Å². The quantitative estimate of drug-likeness (QED) is 0.684. The van der Waals surface area contributed by atoms with Crippen LogP contribution in [0, 0.1) is 0 Å². The third-order valence-corrected chi connectivity index (χ3v) is 2.69. The molecule has 1 aromatic carbocycles. The Bertz CT molecular complexity index is 487. The Morgan fingerprint density at radius 1 is 1.20 bits per heavy atom. The Kier molecular flexibility index (Phi) is 2.42. The number of para-hydroxylation sites is 1. The molecule has 0 saturated heterocycles. The molecule has 80 valence electrons. The zero-order valence-electron chi connectivity index (χ0n) is 7.76. The van der Waals surface area contributed by atoms with Gasteiger partial charge in [-0.25, -0.2) is 0 Å². The summed E-state index contributed by atoms with van der Waals surface area (Å²) in [5, 5.41) is 0.0399. The maximum atomic E-state index is 12.7. The molecule has 0 N–H and O–H groups in total. The van der Waals surface area contributed by atoms with Gasteiger partial charge in [-0.05, 0) is 12.3 Å². The van der Waals surface area contributed by atoms with Gasteiger partial charge in [0.1, 0.15) is 11.1 Å². The van der Waals surface area contributed by atoms with E-state index >= 15 is 0 Å². The van der Waals surface area contributed by atoms with Crippen LogP contribution in [0.1, 0.15) is 5.56 Å². The Hall–Kier alpha value is -1.10. The molecule has 0 spiro atoms. The van der Waals surface area contributed by atoms with Gasteiger partial charge >= 0.3 is 6.18 Å². The van der Waals surface area contributed by atoms with Gasteiger partial charge in [-0.15, -0.1) is 0 Å². The third kappa shape index (κ3) is 1.71. The first kappa shape index (κ1) is 10.4. The van der Waals surface area contributed by atoms with E-state index in [-0.39, 0.29) is 16.1 Å². The summed E-state index contributed by atoms with van der Waals surface area (Å²) in [4.78, 5) is 0. The Morgan fingerprint density at radius 3 is 2.47 bits per heavy atom. The summed E-state index contributed by atoms with van der Waals surface area (Å²) in [6.45, 7) is 0. The highest BCUT2D eigenvalue weighted by Crippen LogP contribution is 2.42. The molecule has 2 rings (SSSR count). The molecule has 0 atom stereocenters. The van der Waals surface area contributed by atoms with Crippen LogP contribution >= 0.6 is 11.8 Å². The first-order chi connectivity index (χ1) is 7.04. The fourth-order valence-electron chi connectivity index (χ4n) is 1.44. The van der Waals surface area contributed by atoms with Crippen LogP contribution in [-0.2, 0) is 6.18 Å². The number of benzene rings is 1. The minimum Gasteiger partial charge on any atom is -0.449 e. The van der Waals surface area contributed by atoms with E-state index in [1.807, 2.05) is 0 Å². The molecule has 15 heavy (non-hydrogen) atoms. The standard InChI is InChI=1S/C10H7F3OS/c1-15-9-8(10(11,12)13)6-4-2-3-5-7(6)14-9/h2-5H,1H3. The molecule has 5 heteroatoms. The average Bonchev–Trinajstić information content (AvgIpc) is 2.54. The Labute approximate surface area is 88.3 Å². The molecule has 0 aliphatic rings. The molecule has 1 nitrogen and oxygen atoms in total. The maximum absolute atomic E-state index is 12.7. The molecule has 0 unspecified atom stereocenters. The Balaban J connectivity index is 2.79. The number of rotatable bonds is 1. The first-order valence-electron chi connectivity index (χ1n) is 4.16. The molecule has 0 amide bonds. The van der Waals surface area contributed by atoms with Crippen molar-refractivity contribution in [3.63, 3.8) is 0 Å². The second-order valence-corrected chi connectivity index (χ2v) is 3.74. The molecule has 1 heterocycles. The first-order valence-corrected chi connectivity index (χ1v) is 5.39. The summed E-state index contributed by atoms with van der Waals surface area (Å²) in [5.41, 5.74) is -0.403. The molecular weight excluding hydrogens is 225 g/mol. The van der Waals surface area contributed by atoms with Crippen molar-refractivity contribution in [2.45, 2.75) is 11.3 Å². The molecule has 0 fully saturated rings. The van der Waals surface area contributed by atoms with Crippen molar-refractivity contribution in [3.8, 4) is 0 Å². The second-order valence-electron chi connectivity index (χ2n) is 2.96. The second kappa shape index (κ2) is 3.48. The van der Waals surface area contributed by atoms with Crippen LogP contribution in [0.15, 0.2) is 33.8 Å². The van der Waals surface area contributed by atoms with E-state index in [1.165, 1.54) is 12.1 Å². The summed E-state index contributed by atoms with van der Waals surface area (Å²) < 4.78 is 43.3. The zero-order chi connectivity index (χ0) is 11.1. The van der Waals surface area contributed by atoms with E-state index in [2.05, 4.69) is 0 Å². The van der Waals surface area contributed by atoms with Crippen molar-refractivity contribution >= 4 is 22.7 Å². The van der Waals surface area contributed by atoms with Gasteiger partial charge in [0.2, 0.25) is 0 Å². The molecule has 0 saturated carbocycles. The fraction of sp³-hybridized carbons (Fsp3) is 0.200. The minimum absolute atomic E-state index is 0.0799. The summed E-state index contributed by atoms with van der Waals surface area (Å²) in [7, 11) is 0. The summed E-state index contributed by atoms with van der Waals surface area (Å²) in [5.74, 6) is 0. The van der Waals surface area contributed by atoms with Gasteiger partial charge in [0.15, 0.2) is 5.09 Å². The molecule has 0 bridgehead atoms. The van der Waals surface area contributed by atoms with Gasteiger partial charge in [-0.2, -0.15) is 13.2 Å². The number of fused-ring (bicyclic) bond motifs is 1. The maximum Gasteiger partial charge on any atom is 0.421 e. The molecule has 0 radical (unpaired) electrons. The van der Waals surface area contributed by atoms with E-state index in [0.717, 1.165) is 11.8 Å². The highest BCUT2D eigenvalue weighted by Gasteiger charge is 2.38. The topological polar surface area (TPSA) is 13.1 Å². The smallest absolute Gasteiger partial charge is 0.421 e. The number of furan rings is 1. The van der Waals surface area contributed by atoms with Crippen molar-refractivity contribution in [1.82, 2.24) is 0 Å². The van der Waals surface area contributed by atoms with Crippen molar-refractivity contribution in [3.05, 3.63) is 29.8 Å². The Morgan fingerprint density at radius 2 is 1.87 bits per heavy atom. The van der Waals surface area contributed by atoms with E-state index in [1.54, 1.807) is 18.4 Å². The van der Waals surface area contributed by atoms with Gasteiger partial charge in [-0.3, -0.25) is 0 Å². The predicted octanol–water partition coefficient (Wildman–Crippen LogP) is 4.17. The normalized spacial score (nSPS) is 12.3. The van der Waals surface area contributed by atoms with E-state index in [9.17, 15) is 13.2 Å². The van der Waals surface area contributed by atoms with Crippen LogP contribution < -0.4 is 0 Å². The van der Waals surface area contributed by atoms with Crippen molar-refractivity contribution in [2.75, 3.05) is 6.26 Å². The third-order valence-electron chi connectivity index (χ3n) is 2.03. The van der Waals surface area contributed by atoms with Gasteiger partial charge in [-0.1, -0.05) is 30.0 Å². The van der Waals surface area contributed by atoms with Gasteiger partial charge in [0.25, 0.3) is 0 Å². The van der Waals surface area contributed by atoms with Crippen LogP contribution in [0.25, 0.3) is 11.0 Å². The van der Waals surface area contributed by atoms with E-state index in [0.29, 0.717) is 0 Å². The van der Waals surface area contributed by atoms with Crippen LogP contribution in [-0.4, -0.2) is 6.26 Å². The largest absolute Gasteiger partial charge is 0.449 e. The summed E-state index contributed by atoms with van der Waals surface area (Å²) >= 11 is 0.961. The predicted molar refractivity (Wildman–Crippen MR) is 53.0 cm³/mol. The number of hydrogen-bond donors (Lipinski definition) is 0. The molecular formula is C10H7F3OS.